The van der Waals surface area contributed by atoms with E-state index in [2.05, 4.69) is 15.6 Å². The van der Waals surface area contributed by atoms with E-state index in [-0.39, 0.29) is 24.5 Å². The summed E-state index contributed by atoms with van der Waals surface area (Å²) in [6.07, 6.45) is -4.45. The Balaban J connectivity index is 2.23. The van der Waals surface area contributed by atoms with E-state index < -0.39 is 42.9 Å². The fourth-order valence-electron chi connectivity index (χ4n) is 2.69. The Morgan fingerprint density at radius 2 is 1.87 bits per heavy atom. The lowest BCUT2D eigenvalue weighted by molar-refractivity contribution is -0.121. The van der Waals surface area contributed by atoms with Gasteiger partial charge in [0.25, 0.3) is 5.91 Å². The minimum atomic E-state index is -1.57. The number of urea groups is 1. The number of hydrogen-bond donors (Lipinski definition) is 6. The van der Waals surface area contributed by atoms with Gasteiger partial charge in [0, 0.05) is 18.6 Å². The summed E-state index contributed by atoms with van der Waals surface area (Å²) in [5.41, 5.74) is 0. The van der Waals surface area contributed by atoms with Crippen molar-refractivity contribution in [2.45, 2.75) is 50.3 Å². The number of β-amino-alcohol motifs (C(OH)–C–C–N with tert-alkyl or cyclic N) is 1. The molecule has 6 unspecified atom stereocenters. The first-order chi connectivity index (χ1) is 10.8. The van der Waals surface area contributed by atoms with Gasteiger partial charge in [-0.2, -0.15) is 4.99 Å². The highest BCUT2D eigenvalue weighted by Gasteiger charge is 2.43. The van der Waals surface area contributed by atoms with Crippen LogP contribution in [0.3, 0.4) is 0 Å². The molecule has 2 aliphatic rings. The Morgan fingerprint density at radius 3 is 2.48 bits per heavy atom. The van der Waals surface area contributed by atoms with Crippen LogP contribution in [-0.2, 0) is 4.79 Å². The molecule has 23 heavy (non-hydrogen) atoms. The lowest BCUT2D eigenvalue weighted by atomic mass is 9.98. The second-order valence-electron chi connectivity index (χ2n) is 5.85. The molecule has 130 valence electrons. The number of amidine groups is 1. The number of fused-ring (bicyclic) bond motifs is 1. The van der Waals surface area contributed by atoms with Crippen LogP contribution in [0.25, 0.3) is 0 Å². The van der Waals surface area contributed by atoms with Gasteiger partial charge in [-0.05, 0) is 13.8 Å². The Labute approximate surface area is 132 Å². The van der Waals surface area contributed by atoms with E-state index in [1.807, 2.05) is 13.8 Å². The van der Waals surface area contributed by atoms with E-state index in [4.69, 9.17) is 5.11 Å². The predicted octanol–water partition coefficient (Wildman–Crippen LogP) is -3.24. The van der Waals surface area contributed by atoms with Crippen LogP contribution in [0.1, 0.15) is 13.8 Å². The Bertz CT molecular complexity index is 513. The molecule has 0 radical (unpaired) electrons. The Kier molecular flexibility index (Phi) is 5.32. The topological polar surface area (TPSA) is 155 Å². The molecule has 10 nitrogen and oxygen atoms in total. The summed E-state index contributed by atoms with van der Waals surface area (Å²) in [5, 5.41) is 43.3. The first-order valence-corrected chi connectivity index (χ1v) is 7.37. The first-order valence-electron chi connectivity index (χ1n) is 7.37. The Hall–Kier alpha value is -1.59. The van der Waals surface area contributed by atoms with Gasteiger partial charge in [0.2, 0.25) is 0 Å². The molecule has 6 N–H and O–H groups in total. The number of aliphatic hydroxyl groups is 4. The van der Waals surface area contributed by atoms with Crippen molar-refractivity contribution >= 4 is 17.8 Å². The average Bonchev–Trinajstić information content (AvgIpc) is 2.51. The summed E-state index contributed by atoms with van der Waals surface area (Å²) in [6.45, 7) is 2.80. The second kappa shape index (κ2) is 6.89. The fraction of sp³-hybridized carbons (Fsp3) is 0.769. The predicted molar refractivity (Wildman–Crippen MR) is 78.6 cm³/mol. The van der Waals surface area contributed by atoms with Crippen LogP contribution in [0.2, 0.25) is 0 Å². The van der Waals surface area contributed by atoms with Crippen molar-refractivity contribution in [3.05, 3.63) is 0 Å². The number of hydrogen-bond acceptors (Lipinski definition) is 8. The van der Waals surface area contributed by atoms with Crippen molar-refractivity contribution in [3.8, 4) is 0 Å². The highest BCUT2D eigenvalue weighted by atomic mass is 16.4. The van der Waals surface area contributed by atoms with Gasteiger partial charge in [-0.1, -0.05) is 0 Å². The maximum absolute atomic E-state index is 11.9. The van der Waals surface area contributed by atoms with E-state index >= 15 is 0 Å². The van der Waals surface area contributed by atoms with Gasteiger partial charge in [-0.25, -0.2) is 4.79 Å². The molecule has 2 rings (SSSR count). The summed E-state index contributed by atoms with van der Waals surface area (Å²) in [5.74, 6) is -0.372. The summed E-state index contributed by atoms with van der Waals surface area (Å²) in [7, 11) is 0. The molecule has 0 aromatic heterocycles. The third kappa shape index (κ3) is 3.51. The molecule has 0 aromatic rings. The van der Waals surface area contributed by atoms with Crippen molar-refractivity contribution < 1.29 is 30.0 Å². The third-order valence-corrected chi connectivity index (χ3v) is 4.26. The van der Waals surface area contributed by atoms with Gasteiger partial charge in [-0.3, -0.25) is 15.4 Å². The highest BCUT2D eigenvalue weighted by molar-refractivity contribution is 6.18. The van der Waals surface area contributed by atoms with Gasteiger partial charge < -0.3 is 25.3 Å². The van der Waals surface area contributed by atoms with Crippen LogP contribution in [-0.4, -0.2) is 92.7 Å². The molecule has 10 heteroatoms. The maximum atomic E-state index is 11.9. The molecule has 0 spiro atoms. The molecule has 0 bridgehead atoms. The molecule has 0 aromatic carbocycles. The maximum Gasteiger partial charge on any atom is 0.349 e. The van der Waals surface area contributed by atoms with E-state index in [1.165, 1.54) is 0 Å². The van der Waals surface area contributed by atoms with Crippen molar-refractivity contribution in [1.82, 2.24) is 15.5 Å². The normalized spacial score (nSPS) is 31.8. The SMILES string of the molecule is CC1NC2C(=O)NC(=O)N=C2N(CC(O)C(O)C(O)CO)C1C. The van der Waals surface area contributed by atoms with E-state index in [0.717, 1.165) is 0 Å². The minimum absolute atomic E-state index is 0.148. The zero-order valence-electron chi connectivity index (χ0n) is 12.9. The summed E-state index contributed by atoms with van der Waals surface area (Å²) < 4.78 is 0. The second-order valence-corrected chi connectivity index (χ2v) is 5.85. The van der Waals surface area contributed by atoms with Crippen LogP contribution in [0.4, 0.5) is 4.79 Å². The zero-order chi connectivity index (χ0) is 17.3. The molecule has 0 saturated carbocycles. The van der Waals surface area contributed by atoms with Gasteiger partial charge >= 0.3 is 6.03 Å². The zero-order valence-corrected chi connectivity index (χ0v) is 12.9. The van der Waals surface area contributed by atoms with Gasteiger partial charge in [0.05, 0.1) is 12.7 Å². The van der Waals surface area contributed by atoms with E-state index in [9.17, 15) is 24.9 Å². The van der Waals surface area contributed by atoms with Crippen molar-refractivity contribution in [2.24, 2.45) is 4.99 Å². The summed E-state index contributed by atoms with van der Waals surface area (Å²) in [6, 6.07) is -1.99. The van der Waals surface area contributed by atoms with Crippen LogP contribution < -0.4 is 10.6 Å². The molecule has 1 saturated heterocycles. The molecular weight excluding hydrogens is 308 g/mol. The number of imide groups is 1. The number of nitrogens with zero attached hydrogens (tertiary/aromatic N) is 2. The smallest absolute Gasteiger partial charge is 0.349 e. The average molecular weight is 330 g/mol. The number of aliphatic hydroxyl groups excluding tert-OH is 4. The Morgan fingerprint density at radius 1 is 1.22 bits per heavy atom. The first kappa shape index (κ1) is 17.8. The quantitative estimate of drug-likeness (QED) is 0.307. The largest absolute Gasteiger partial charge is 0.394 e. The lowest BCUT2D eigenvalue weighted by Crippen LogP contribution is -2.70. The minimum Gasteiger partial charge on any atom is -0.394 e. The molecule has 2 aliphatic heterocycles. The van der Waals surface area contributed by atoms with Crippen LogP contribution in [0, 0.1) is 0 Å². The van der Waals surface area contributed by atoms with Crippen molar-refractivity contribution in [1.29, 1.82) is 0 Å². The van der Waals surface area contributed by atoms with Crippen LogP contribution in [0.5, 0.6) is 0 Å². The number of aliphatic imine (C=N–C) groups is 1. The summed E-state index contributed by atoms with van der Waals surface area (Å²) in [4.78, 5) is 28.8. The van der Waals surface area contributed by atoms with E-state index in [0.29, 0.717) is 0 Å². The van der Waals surface area contributed by atoms with Crippen LogP contribution >= 0.6 is 0 Å². The van der Waals surface area contributed by atoms with E-state index in [1.54, 1.807) is 4.90 Å². The van der Waals surface area contributed by atoms with Gasteiger partial charge in [-0.15, -0.1) is 0 Å². The molecule has 2 heterocycles. The lowest BCUT2D eigenvalue weighted by Gasteiger charge is -2.46. The highest BCUT2D eigenvalue weighted by Crippen LogP contribution is 2.19. The number of amides is 3. The molecule has 1 fully saturated rings. The van der Waals surface area contributed by atoms with Crippen LogP contribution in [0.15, 0.2) is 4.99 Å². The monoisotopic (exact) mass is 330 g/mol. The van der Waals surface area contributed by atoms with Crippen molar-refractivity contribution in [2.75, 3.05) is 13.2 Å². The number of rotatable bonds is 5. The summed E-state index contributed by atoms with van der Waals surface area (Å²) >= 11 is 0. The van der Waals surface area contributed by atoms with Gasteiger partial charge in [0.15, 0.2) is 0 Å². The fourth-order valence-corrected chi connectivity index (χ4v) is 2.69. The molecule has 3 amide bonds. The van der Waals surface area contributed by atoms with Crippen molar-refractivity contribution in [3.63, 3.8) is 0 Å². The molecule has 0 aliphatic carbocycles. The number of piperazine rings is 1. The number of carbonyl (C=O) groups is 2. The number of carbonyl (C=O) groups excluding carboxylic acids is 2. The third-order valence-electron chi connectivity index (χ3n) is 4.26. The number of nitrogens with one attached hydrogen (secondary N) is 2. The molecule has 6 atom stereocenters. The standard InChI is InChI=1S/C13H22N4O6/c1-5-6(2)17(3-7(19)10(21)8(20)4-18)11-9(14-5)12(22)16-13(23)15-11/h5-10,14,18-21H,3-4H2,1-2H3,(H,16,22,23). The molecular formula is C13H22N4O6. The van der Waals surface area contributed by atoms with Gasteiger partial charge in [0.1, 0.15) is 24.1 Å².